The molecule has 3 aromatic rings. The van der Waals surface area contributed by atoms with Gasteiger partial charge in [-0.05, 0) is 84.2 Å². The molecule has 438 valence electrons. The van der Waals surface area contributed by atoms with Crippen molar-refractivity contribution in [2.24, 2.45) is 67.2 Å². The molecule has 2 heterocycles. The second-order valence-corrected chi connectivity index (χ2v) is 27.2. The number of esters is 4. The van der Waals surface area contributed by atoms with Crippen LogP contribution in [0.4, 0.5) is 11.6 Å². The van der Waals surface area contributed by atoms with Gasteiger partial charge in [0.05, 0.1) is 12.8 Å². The lowest BCUT2D eigenvalue weighted by Crippen LogP contribution is -2.50. The van der Waals surface area contributed by atoms with E-state index >= 15 is 9.59 Å². The first kappa shape index (κ1) is 63.3. The van der Waals surface area contributed by atoms with Gasteiger partial charge in [0.15, 0.2) is 11.7 Å². The highest BCUT2D eigenvalue weighted by molar-refractivity contribution is 6.45. The van der Waals surface area contributed by atoms with Crippen LogP contribution >= 0.6 is 0 Å². The van der Waals surface area contributed by atoms with Crippen LogP contribution in [0, 0.1) is 57.2 Å². The zero-order valence-electron chi connectivity index (χ0n) is 50.9. The monoisotopic (exact) mass is 1110 g/mol. The van der Waals surface area contributed by atoms with Gasteiger partial charge in [0.25, 0.3) is 0 Å². The van der Waals surface area contributed by atoms with Crippen molar-refractivity contribution in [3.05, 3.63) is 102 Å². The van der Waals surface area contributed by atoms with Gasteiger partial charge in [0.2, 0.25) is 11.8 Å². The number of amides is 2. The van der Waals surface area contributed by atoms with E-state index in [0.29, 0.717) is 23.0 Å². The number of nitrogens with one attached hydrogen (secondary N) is 3. The van der Waals surface area contributed by atoms with Crippen LogP contribution in [-0.2, 0) is 42.9 Å². The number of aliphatic imine (C=N–C) groups is 2. The van der Waals surface area contributed by atoms with Gasteiger partial charge in [-0.15, -0.1) is 0 Å². The van der Waals surface area contributed by atoms with Crippen LogP contribution in [0.3, 0.4) is 0 Å². The number of aromatic amines is 1. The van der Waals surface area contributed by atoms with Gasteiger partial charge in [-0.1, -0.05) is 171 Å². The Morgan fingerprint density at radius 1 is 0.593 bits per heavy atom. The number of carbonyl (C=O) groups is 6. The summed E-state index contributed by atoms with van der Waals surface area (Å²) in [7, 11) is 0. The molecule has 15 heteroatoms. The van der Waals surface area contributed by atoms with Gasteiger partial charge >= 0.3 is 23.9 Å². The summed E-state index contributed by atoms with van der Waals surface area (Å²) in [5.41, 5.74) is 0.812. The van der Waals surface area contributed by atoms with E-state index in [1.165, 1.54) is 13.8 Å². The molecule has 2 aliphatic carbocycles. The largest absolute Gasteiger partial charge is 0.462 e. The van der Waals surface area contributed by atoms with Crippen LogP contribution in [0.15, 0.2) is 101 Å². The quantitative estimate of drug-likeness (QED) is 0.0703. The van der Waals surface area contributed by atoms with E-state index < -0.39 is 47.9 Å². The van der Waals surface area contributed by atoms with Crippen molar-refractivity contribution >= 4 is 64.6 Å². The number of carbonyl (C=O) groups excluding carboxylic acids is 6. The minimum atomic E-state index is -0.724. The lowest BCUT2D eigenvalue weighted by atomic mass is 9.59. The summed E-state index contributed by atoms with van der Waals surface area (Å²) in [4.78, 5) is 97.5. The summed E-state index contributed by atoms with van der Waals surface area (Å²) in [5, 5.41) is 5.75. The topological polar surface area (TPSA) is 204 Å². The summed E-state index contributed by atoms with van der Waals surface area (Å²) in [6.07, 6.45) is 1.73. The lowest BCUT2D eigenvalue weighted by molar-refractivity contribution is -0.164. The number of aromatic nitrogens is 1. The molecule has 3 N–H and O–H groups in total. The number of H-pyrrole nitrogens is 1. The lowest BCUT2D eigenvalue weighted by Gasteiger charge is -2.50. The van der Waals surface area contributed by atoms with E-state index in [0.717, 1.165) is 25.7 Å². The zero-order valence-corrected chi connectivity index (χ0v) is 50.9. The molecule has 15 nitrogen and oxygen atoms in total. The van der Waals surface area contributed by atoms with Crippen LogP contribution in [0.25, 0.3) is 16.7 Å². The van der Waals surface area contributed by atoms with Crippen molar-refractivity contribution in [1.29, 1.82) is 0 Å². The number of hydrogen-bond donors (Lipinski definition) is 3. The Morgan fingerprint density at radius 3 is 1.40 bits per heavy atom. The number of ether oxygens (including phenoxy) is 4. The predicted molar refractivity (Wildman–Crippen MR) is 319 cm³/mol. The predicted octanol–water partition coefficient (Wildman–Crippen LogP) is 13.6. The van der Waals surface area contributed by atoms with E-state index in [9.17, 15) is 19.2 Å². The smallest absolute Gasteiger partial charge is 0.343 e. The van der Waals surface area contributed by atoms with Gasteiger partial charge in [-0.2, -0.15) is 0 Å². The Morgan fingerprint density at radius 2 is 0.988 bits per heavy atom. The van der Waals surface area contributed by atoms with Crippen molar-refractivity contribution in [2.45, 2.75) is 162 Å². The SMILES string of the molecule is C=C(C)C(=O)OCCC(=O)NC1=NC(=Nc2[nH]c(NC(=O)CCOC(=O)C(=C)C)c(C(=O)OC3C(C(C)(C)C)CC(C)CC3C(C)(C)C)c2-c2ccccc2)C(c2ccccc2)=C1C(=O)OC1C(C(C)(C)C)CC(C)CC1C(C)(C)C. The molecule has 1 aliphatic heterocycles. The standard InChI is InChI=1S/C66H89N5O10/c1-37(2)59(74)78-31-29-47(72)67-57-51(61(76)80-53-43(63(7,8)9)33-39(5)34-44(53)64(10,11)12)49(41-25-21-19-22-26-41)55(70-57)69-56-50(42-27-23-20-24-28-42)52(58(71-56)68-48(73)30-32-79-60(75)38(3)4)62(77)81-54-45(65(13,14)15)35-40(6)36-46(54)66(16,17)18/h19-28,39-40,43-46,53-54,70H,1,3,29-36H2,2,4-18H3,(H,67,72)(H,68,69,71,73). The van der Waals surface area contributed by atoms with E-state index in [1.54, 1.807) is 12.1 Å². The number of amidine groups is 2. The molecule has 4 atom stereocenters. The highest BCUT2D eigenvalue weighted by atomic mass is 16.6. The van der Waals surface area contributed by atoms with Crippen LogP contribution in [-0.4, -0.2) is 77.8 Å². The first-order valence-electron chi connectivity index (χ1n) is 28.6. The first-order valence-corrected chi connectivity index (χ1v) is 28.6. The molecule has 2 fully saturated rings. The van der Waals surface area contributed by atoms with Crippen LogP contribution in [0.1, 0.15) is 165 Å². The Bertz CT molecular complexity index is 2910. The average Bonchev–Trinajstić information content (AvgIpc) is 4.07. The van der Waals surface area contributed by atoms with Crippen molar-refractivity contribution < 1.29 is 47.7 Å². The fourth-order valence-corrected chi connectivity index (χ4v) is 11.8. The third-order valence-corrected chi connectivity index (χ3v) is 16.2. The number of rotatable bonds is 16. The summed E-state index contributed by atoms with van der Waals surface area (Å²) in [6, 6.07) is 18.2. The maximum atomic E-state index is 15.6. The molecule has 2 saturated carbocycles. The second kappa shape index (κ2) is 25.5. The van der Waals surface area contributed by atoms with E-state index in [2.05, 4.69) is 126 Å². The number of nitrogens with zero attached hydrogens (tertiary/aromatic N) is 2. The van der Waals surface area contributed by atoms with Gasteiger partial charge < -0.3 is 34.6 Å². The fourth-order valence-electron chi connectivity index (χ4n) is 11.8. The maximum Gasteiger partial charge on any atom is 0.343 e. The molecule has 0 bridgehead atoms. The highest BCUT2D eigenvalue weighted by Crippen LogP contribution is 2.52. The van der Waals surface area contributed by atoms with Gasteiger partial charge in [0, 0.05) is 46.0 Å². The number of benzene rings is 2. The van der Waals surface area contributed by atoms with Gasteiger partial charge in [-0.25, -0.2) is 29.2 Å². The second-order valence-electron chi connectivity index (χ2n) is 27.2. The zero-order chi connectivity index (χ0) is 60.1. The Balaban J connectivity index is 1.62. The van der Waals surface area contributed by atoms with Crippen molar-refractivity contribution in [3.8, 4) is 11.1 Å². The number of hydrogen-bond acceptors (Lipinski definition) is 11. The summed E-state index contributed by atoms with van der Waals surface area (Å²) in [6.45, 7) is 40.3. The highest BCUT2D eigenvalue weighted by Gasteiger charge is 2.51. The number of anilines is 1. The molecule has 0 radical (unpaired) electrons. The van der Waals surface area contributed by atoms with Gasteiger partial charge in [0.1, 0.15) is 48.2 Å². The molecule has 1 aromatic heterocycles. The molecule has 6 rings (SSSR count). The van der Waals surface area contributed by atoms with Crippen molar-refractivity contribution in [2.75, 3.05) is 18.5 Å². The van der Waals surface area contributed by atoms with Crippen molar-refractivity contribution in [3.63, 3.8) is 0 Å². The minimum absolute atomic E-state index is 0.00979. The van der Waals surface area contributed by atoms with E-state index in [1.807, 2.05) is 48.5 Å². The molecular weight excluding hydrogens is 1020 g/mol. The summed E-state index contributed by atoms with van der Waals surface area (Å²) >= 11 is 0. The Kier molecular flexibility index (Phi) is 19.9. The molecule has 0 spiro atoms. The summed E-state index contributed by atoms with van der Waals surface area (Å²) in [5.74, 6) is -3.45. The summed E-state index contributed by atoms with van der Waals surface area (Å²) < 4.78 is 24.4. The van der Waals surface area contributed by atoms with E-state index in [4.69, 9.17) is 28.9 Å². The average molecular weight is 1110 g/mol. The molecule has 4 unspecified atom stereocenters. The Hall–Kier alpha value is -6.90. The van der Waals surface area contributed by atoms with Crippen molar-refractivity contribution in [1.82, 2.24) is 10.3 Å². The van der Waals surface area contributed by atoms with Crippen LogP contribution < -0.4 is 10.6 Å². The molecule has 2 amide bonds. The molecule has 0 saturated heterocycles. The van der Waals surface area contributed by atoms with E-state index in [-0.39, 0.29) is 128 Å². The Labute approximate surface area is 480 Å². The van der Waals surface area contributed by atoms with Gasteiger partial charge in [-0.3, -0.25) is 9.59 Å². The minimum Gasteiger partial charge on any atom is -0.462 e. The van der Waals surface area contributed by atoms with Crippen LogP contribution in [0.5, 0.6) is 0 Å². The third-order valence-electron chi connectivity index (χ3n) is 16.2. The third kappa shape index (κ3) is 15.8. The first-order chi connectivity index (χ1) is 37.7. The maximum absolute atomic E-state index is 15.6. The molecular formula is C66H89N5O10. The fraction of sp³-hybridized carbons (Fsp3) is 0.545. The molecule has 2 aromatic carbocycles. The molecule has 3 aliphatic rings. The normalized spacial score (nSPS) is 23.0. The van der Waals surface area contributed by atoms with Crippen LogP contribution in [0.2, 0.25) is 0 Å². The molecule has 81 heavy (non-hydrogen) atoms.